The molecule has 3 rings (SSSR count). The fraction of sp³-hybridized carbons (Fsp3) is 0.562. The Labute approximate surface area is 119 Å². The molecule has 1 aliphatic carbocycles. The average molecular weight is 277 g/mol. The van der Waals surface area contributed by atoms with E-state index in [1.807, 2.05) is 0 Å². The lowest BCUT2D eigenvalue weighted by molar-refractivity contribution is 0.132. The summed E-state index contributed by atoms with van der Waals surface area (Å²) in [6.45, 7) is 5.61. The molecule has 3 heteroatoms. The number of hydrogen-bond acceptors (Lipinski definition) is 1. The van der Waals surface area contributed by atoms with E-state index >= 15 is 0 Å². The molecule has 1 aliphatic rings. The van der Waals surface area contributed by atoms with Crippen molar-refractivity contribution in [3.8, 4) is 0 Å². The van der Waals surface area contributed by atoms with Crippen LogP contribution >= 0.6 is 11.6 Å². The normalized spacial score (nSPS) is 17.6. The van der Waals surface area contributed by atoms with E-state index in [0.29, 0.717) is 11.3 Å². The number of para-hydroxylation sites is 1. The third-order valence-electron chi connectivity index (χ3n) is 4.48. The molecule has 0 saturated heterocycles. The highest BCUT2D eigenvalue weighted by Crippen LogP contribution is 2.42. The molecule has 2 aromatic rings. The molecule has 102 valence electrons. The fourth-order valence-electron chi connectivity index (χ4n) is 3.11. The molecule has 1 saturated carbocycles. The Hall–Kier alpha value is -1.02. The van der Waals surface area contributed by atoms with E-state index in [-0.39, 0.29) is 0 Å². The van der Waals surface area contributed by atoms with Crippen LogP contribution in [0.3, 0.4) is 0 Å². The van der Waals surface area contributed by atoms with Gasteiger partial charge in [0.05, 0.1) is 11.0 Å². The summed E-state index contributed by atoms with van der Waals surface area (Å²) in [6, 6.07) is 6.45. The van der Waals surface area contributed by atoms with Gasteiger partial charge in [-0.25, -0.2) is 4.98 Å². The molecule has 1 fully saturated rings. The molecule has 0 N–H and O–H groups in total. The number of benzene rings is 1. The monoisotopic (exact) mass is 276 g/mol. The van der Waals surface area contributed by atoms with Gasteiger partial charge in [0.25, 0.3) is 0 Å². The summed E-state index contributed by atoms with van der Waals surface area (Å²) in [7, 11) is 0. The highest BCUT2D eigenvalue weighted by atomic mass is 35.5. The average Bonchev–Trinajstić information content (AvgIpc) is 2.68. The number of rotatable bonds is 4. The third-order valence-corrected chi connectivity index (χ3v) is 4.67. The first-order chi connectivity index (χ1) is 9.13. The Morgan fingerprint density at radius 2 is 2.16 bits per heavy atom. The zero-order valence-electron chi connectivity index (χ0n) is 11.7. The minimum atomic E-state index is 0.457. The lowest BCUT2D eigenvalue weighted by Gasteiger charge is -2.39. The summed E-state index contributed by atoms with van der Waals surface area (Å²) in [6.07, 6.45) is 4.89. The molecule has 1 aromatic carbocycles. The lowest BCUT2D eigenvalue weighted by Crippen LogP contribution is -2.31. The number of hydrogen-bond donors (Lipinski definition) is 0. The van der Waals surface area contributed by atoms with Crippen molar-refractivity contribution in [1.29, 1.82) is 0 Å². The van der Waals surface area contributed by atoms with Gasteiger partial charge < -0.3 is 4.57 Å². The molecule has 0 spiro atoms. The second kappa shape index (κ2) is 4.82. The van der Waals surface area contributed by atoms with Crippen LogP contribution in [0.5, 0.6) is 0 Å². The highest BCUT2D eigenvalue weighted by Gasteiger charge is 2.33. The van der Waals surface area contributed by atoms with E-state index in [4.69, 9.17) is 16.6 Å². The Balaban J connectivity index is 2.08. The maximum atomic E-state index is 5.94. The van der Waals surface area contributed by atoms with Crippen molar-refractivity contribution in [2.24, 2.45) is 5.41 Å². The standard InChI is InChI=1S/C16H21ClN2/c1-12-5-3-6-13-15(12)18-14(7-10-17)19(13)11-16(2)8-4-9-16/h3,5-6H,4,7-11H2,1-2H3. The van der Waals surface area contributed by atoms with Gasteiger partial charge in [-0.3, -0.25) is 0 Å². The van der Waals surface area contributed by atoms with Gasteiger partial charge in [0.1, 0.15) is 5.82 Å². The van der Waals surface area contributed by atoms with Crippen molar-refractivity contribution in [3.63, 3.8) is 0 Å². The smallest absolute Gasteiger partial charge is 0.111 e. The predicted octanol–water partition coefficient (Wildman–Crippen LogP) is 4.32. The lowest BCUT2D eigenvalue weighted by atomic mass is 9.70. The molecule has 0 unspecified atom stereocenters. The van der Waals surface area contributed by atoms with Crippen molar-refractivity contribution < 1.29 is 0 Å². The Bertz CT molecular complexity index is 596. The van der Waals surface area contributed by atoms with Crippen molar-refractivity contribution >= 4 is 22.6 Å². The maximum absolute atomic E-state index is 5.94. The molecule has 0 bridgehead atoms. The van der Waals surface area contributed by atoms with Gasteiger partial charge in [0, 0.05) is 18.8 Å². The van der Waals surface area contributed by atoms with Gasteiger partial charge in [-0.05, 0) is 36.8 Å². The summed E-state index contributed by atoms with van der Waals surface area (Å²) >= 11 is 5.94. The molecule has 2 nitrogen and oxygen atoms in total. The van der Waals surface area contributed by atoms with Crippen LogP contribution < -0.4 is 0 Å². The quantitative estimate of drug-likeness (QED) is 0.761. The molecular formula is C16H21ClN2. The largest absolute Gasteiger partial charge is 0.327 e. The van der Waals surface area contributed by atoms with Crippen LogP contribution in [0.1, 0.15) is 37.6 Å². The first-order valence-corrected chi connectivity index (χ1v) is 7.67. The molecule has 1 aromatic heterocycles. The van der Waals surface area contributed by atoms with Crippen LogP contribution in [0.25, 0.3) is 11.0 Å². The summed E-state index contributed by atoms with van der Waals surface area (Å²) < 4.78 is 2.41. The summed E-state index contributed by atoms with van der Waals surface area (Å²) in [4.78, 5) is 4.82. The van der Waals surface area contributed by atoms with Crippen LogP contribution in [0.4, 0.5) is 0 Å². The van der Waals surface area contributed by atoms with E-state index in [2.05, 4.69) is 36.6 Å². The fourth-order valence-corrected chi connectivity index (χ4v) is 3.28. The first kappa shape index (κ1) is 13.0. The second-order valence-electron chi connectivity index (χ2n) is 6.16. The van der Waals surface area contributed by atoms with E-state index < -0.39 is 0 Å². The molecule has 0 atom stereocenters. The number of imidazole rings is 1. The number of aryl methyl sites for hydroxylation is 2. The van der Waals surface area contributed by atoms with Crippen LogP contribution in [-0.4, -0.2) is 15.4 Å². The molecule has 0 aliphatic heterocycles. The van der Waals surface area contributed by atoms with Gasteiger partial charge in [0.15, 0.2) is 0 Å². The Kier molecular flexibility index (Phi) is 3.30. The minimum absolute atomic E-state index is 0.457. The van der Waals surface area contributed by atoms with E-state index in [0.717, 1.165) is 24.3 Å². The SMILES string of the molecule is Cc1cccc2c1nc(CCCl)n2CC1(C)CCC1. The third kappa shape index (κ3) is 2.27. The van der Waals surface area contributed by atoms with Gasteiger partial charge in [0.2, 0.25) is 0 Å². The molecule has 0 amide bonds. The molecular weight excluding hydrogens is 256 g/mol. The predicted molar refractivity (Wildman–Crippen MR) is 80.9 cm³/mol. The Morgan fingerprint density at radius 3 is 2.79 bits per heavy atom. The molecule has 19 heavy (non-hydrogen) atoms. The second-order valence-corrected chi connectivity index (χ2v) is 6.54. The van der Waals surface area contributed by atoms with E-state index in [1.54, 1.807) is 0 Å². The van der Waals surface area contributed by atoms with Crippen LogP contribution in [0, 0.1) is 12.3 Å². The van der Waals surface area contributed by atoms with Crippen LogP contribution in [-0.2, 0) is 13.0 Å². The summed E-state index contributed by atoms with van der Waals surface area (Å²) in [5, 5.41) is 0. The zero-order chi connectivity index (χ0) is 13.5. The maximum Gasteiger partial charge on any atom is 0.111 e. The number of fused-ring (bicyclic) bond motifs is 1. The van der Waals surface area contributed by atoms with Gasteiger partial charge in [-0.1, -0.05) is 25.5 Å². The van der Waals surface area contributed by atoms with Crippen molar-refractivity contribution in [2.75, 3.05) is 5.88 Å². The highest BCUT2D eigenvalue weighted by molar-refractivity contribution is 6.17. The first-order valence-electron chi connectivity index (χ1n) is 7.14. The molecule has 1 heterocycles. The number of alkyl halides is 1. The number of nitrogens with zero attached hydrogens (tertiary/aromatic N) is 2. The van der Waals surface area contributed by atoms with E-state index in [9.17, 15) is 0 Å². The number of halogens is 1. The summed E-state index contributed by atoms with van der Waals surface area (Å²) in [5.74, 6) is 1.78. The summed E-state index contributed by atoms with van der Waals surface area (Å²) in [5.41, 5.74) is 4.13. The van der Waals surface area contributed by atoms with E-state index in [1.165, 1.54) is 30.3 Å². The van der Waals surface area contributed by atoms with Gasteiger partial charge in [-0.15, -0.1) is 11.6 Å². The van der Waals surface area contributed by atoms with Crippen molar-refractivity contribution in [2.45, 2.75) is 46.1 Å². The topological polar surface area (TPSA) is 17.8 Å². The van der Waals surface area contributed by atoms with Crippen LogP contribution in [0.15, 0.2) is 18.2 Å². The van der Waals surface area contributed by atoms with Crippen molar-refractivity contribution in [3.05, 3.63) is 29.6 Å². The zero-order valence-corrected chi connectivity index (χ0v) is 12.5. The van der Waals surface area contributed by atoms with Crippen molar-refractivity contribution in [1.82, 2.24) is 9.55 Å². The van der Waals surface area contributed by atoms with Crippen LogP contribution in [0.2, 0.25) is 0 Å². The van der Waals surface area contributed by atoms with Gasteiger partial charge >= 0.3 is 0 Å². The van der Waals surface area contributed by atoms with Gasteiger partial charge in [-0.2, -0.15) is 0 Å². The minimum Gasteiger partial charge on any atom is -0.327 e. The number of aromatic nitrogens is 2. The Morgan fingerprint density at radius 1 is 1.37 bits per heavy atom. The molecule has 0 radical (unpaired) electrons.